The van der Waals surface area contributed by atoms with Crippen LogP contribution in [0.4, 0.5) is 5.69 Å². The summed E-state index contributed by atoms with van der Waals surface area (Å²) in [5.41, 5.74) is 2.56. The van der Waals surface area contributed by atoms with E-state index in [2.05, 4.69) is 73.4 Å². The molecule has 0 amide bonds. The standard InChI is InChI=1S/C19H23NS/c1-3-10-17(16-11-6-5-7-12-16)20-18-13-8-9-14-19(18)21-15-4-2/h4-9,11-14,17,20H,2-3,10,15H2,1H3. The minimum Gasteiger partial charge on any atom is -0.377 e. The Morgan fingerprint density at radius 1 is 1.10 bits per heavy atom. The van der Waals surface area contributed by atoms with E-state index < -0.39 is 0 Å². The highest BCUT2D eigenvalue weighted by molar-refractivity contribution is 7.99. The van der Waals surface area contributed by atoms with Gasteiger partial charge in [0, 0.05) is 16.3 Å². The van der Waals surface area contributed by atoms with Gasteiger partial charge in [0.25, 0.3) is 0 Å². The summed E-state index contributed by atoms with van der Waals surface area (Å²) in [5, 5.41) is 3.72. The van der Waals surface area contributed by atoms with Crippen molar-refractivity contribution in [1.82, 2.24) is 0 Å². The molecule has 0 bridgehead atoms. The molecule has 1 N–H and O–H groups in total. The summed E-state index contributed by atoms with van der Waals surface area (Å²) in [7, 11) is 0. The highest BCUT2D eigenvalue weighted by Crippen LogP contribution is 2.31. The van der Waals surface area contributed by atoms with Crippen molar-refractivity contribution in [3.63, 3.8) is 0 Å². The lowest BCUT2D eigenvalue weighted by Gasteiger charge is -2.21. The van der Waals surface area contributed by atoms with Crippen LogP contribution in [0, 0.1) is 0 Å². The van der Waals surface area contributed by atoms with Crippen LogP contribution in [-0.2, 0) is 0 Å². The van der Waals surface area contributed by atoms with E-state index in [1.807, 2.05) is 17.8 Å². The summed E-state index contributed by atoms with van der Waals surface area (Å²) in [6.07, 6.45) is 4.24. The molecule has 0 heterocycles. The molecule has 0 aliphatic heterocycles. The maximum Gasteiger partial charge on any atom is 0.0514 e. The fourth-order valence-corrected chi connectivity index (χ4v) is 3.10. The number of thioether (sulfide) groups is 1. The van der Waals surface area contributed by atoms with E-state index in [1.54, 1.807) is 0 Å². The minimum atomic E-state index is 0.363. The zero-order chi connectivity index (χ0) is 14.9. The molecule has 2 aromatic rings. The van der Waals surface area contributed by atoms with Crippen molar-refractivity contribution in [3.05, 3.63) is 72.8 Å². The van der Waals surface area contributed by atoms with E-state index in [9.17, 15) is 0 Å². The fourth-order valence-electron chi connectivity index (χ4n) is 2.34. The molecule has 1 unspecified atom stereocenters. The first-order valence-electron chi connectivity index (χ1n) is 7.49. The van der Waals surface area contributed by atoms with Gasteiger partial charge in [-0.25, -0.2) is 0 Å². The molecule has 2 heteroatoms. The molecular weight excluding hydrogens is 274 g/mol. The summed E-state index contributed by atoms with van der Waals surface area (Å²) in [6, 6.07) is 19.6. The van der Waals surface area contributed by atoms with Crippen molar-refractivity contribution in [3.8, 4) is 0 Å². The van der Waals surface area contributed by atoms with Crippen LogP contribution >= 0.6 is 11.8 Å². The molecule has 110 valence electrons. The summed E-state index contributed by atoms with van der Waals surface area (Å²) in [4.78, 5) is 1.29. The molecule has 0 fully saturated rings. The molecule has 0 saturated carbocycles. The van der Waals surface area contributed by atoms with E-state index in [4.69, 9.17) is 0 Å². The van der Waals surface area contributed by atoms with Gasteiger partial charge in [-0.3, -0.25) is 0 Å². The first-order chi connectivity index (χ1) is 10.3. The van der Waals surface area contributed by atoms with E-state index in [1.165, 1.54) is 16.1 Å². The van der Waals surface area contributed by atoms with Gasteiger partial charge in [-0.2, -0.15) is 0 Å². The average Bonchev–Trinajstić information content (AvgIpc) is 2.54. The first kappa shape index (κ1) is 15.7. The molecule has 0 saturated heterocycles. The molecule has 0 aliphatic rings. The Labute approximate surface area is 132 Å². The van der Waals surface area contributed by atoms with Gasteiger partial charge in [0.05, 0.1) is 6.04 Å². The molecule has 0 spiro atoms. The predicted octanol–water partition coefficient (Wildman–Crippen LogP) is 5.92. The smallest absolute Gasteiger partial charge is 0.0514 e. The van der Waals surface area contributed by atoms with Gasteiger partial charge in [0.1, 0.15) is 0 Å². The van der Waals surface area contributed by atoms with Gasteiger partial charge < -0.3 is 5.32 Å². The van der Waals surface area contributed by atoms with Crippen molar-refractivity contribution in [2.24, 2.45) is 0 Å². The Balaban J connectivity index is 2.19. The number of hydrogen-bond donors (Lipinski definition) is 1. The molecule has 2 rings (SSSR count). The third-order valence-corrected chi connectivity index (χ3v) is 4.42. The van der Waals surface area contributed by atoms with Crippen LogP contribution in [0.2, 0.25) is 0 Å². The van der Waals surface area contributed by atoms with E-state index in [0.717, 1.165) is 18.6 Å². The van der Waals surface area contributed by atoms with Crippen molar-refractivity contribution in [1.29, 1.82) is 0 Å². The Kier molecular flexibility index (Phi) is 6.42. The molecule has 1 atom stereocenters. The summed E-state index contributed by atoms with van der Waals surface area (Å²) in [5.74, 6) is 0.933. The lowest BCUT2D eigenvalue weighted by Crippen LogP contribution is -2.11. The van der Waals surface area contributed by atoms with Crippen molar-refractivity contribution >= 4 is 17.4 Å². The second-order valence-electron chi connectivity index (χ2n) is 4.99. The zero-order valence-electron chi connectivity index (χ0n) is 12.6. The van der Waals surface area contributed by atoms with Gasteiger partial charge in [-0.15, -0.1) is 18.3 Å². The van der Waals surface area contributed by atoms with Gasteiger partial charge in [-0.05, 0) is 24.1 Å². The van der Waals surface area contributed by atoms with E-state index in [-0.39, 0.29) is 0 Å². The second kappa shape index (κ2) is 8.58. The van der Waals surface area contributed by atoms with Crippen LogP contribution in [0.15, 0.2) is 72.1 Å². The van der Waals surface area contributed by atoms with Gasteiger partial charge >= 0.3 is 0 Å². The maximum atomic E-state index is 3.80. The van der Waals surface area contributed by atoms with Crippen LogP contribution in [-0.4, -0.2) is 5.75 Å². The first-order valence-corrected chi connectivity index (χ1v) is 8.48. The SMILES string of the molecule is C=CCSc1ccccc1NC(CCC)c1ccccc1. The monoisotopic (exact) mass is 297 g/mol. The fraction of sp³-hybridized carbons (Fsp3) is 0.263. The van der Waals surface area contributed by atoms with Gasteiger partial charge in [0.2, 0.25) is 0 Å². The Morgan fingerprint density at radius 3 is 2.52 bits per heavy atom. The third kappa shape index (κ3) is 4.68. The van der Waals surface area contributed by atoms with E-state index >= 15 is 0 Å². The normalized spacial score (nSPS) is 11.9. The minimum absolute atomic E-state index is 0.363. The maximum absolute atomic E-state index is 3.80. The molecule has 0 aliphatic carbocycles. The summed E-state index contributed by atoms with van der Waals surface area (Å²) in [6.45, 7) is 6.03. The van der Waals surface area contributed by atoms with E-state index in [0.29, 0.717) is 6.04 Å². The number of para-hydroxylation sites is 1. The number of nitrogens with one attached hydrogen (secondary N) is 1. The van der Waals surface area contributed by atoms with Crippen LogP contribution in [0.1, 0.15) is 31.4 Å². The number of anilines is 1. The highest BCUT2D eigenvalue weighted by Gasteiger charge is 2.12. The molecular formula is C19H23NS. The Hall–Kier alpha value is -1.67. The number of hydrogen-bond acceptors (Lipinski definition) is 2. The number of rotatable bonds is 8. The average molecular weight is 297 g/mol. The molecule has 21 heavy (non-hydrogen) atoms. The zero-order valence-corrected chi connectivity index (χ0v) is 13.4. The molecule has 2 aromatic carbocycles. The predicted molar refractivity (Wildman–Crippen MR) is 95.1 cm³/mol. The molecule has 0 radical (unpaired) electrons. The lowest BCUT2D eigenvalue weighted by molar-refractivity contribution is 0.676. The lowest BCUT2D eigenvalue weighted by atomic mass is 10.0. The van der Waals surface area contributed by atoms with Crippen LogP contribution in [0.3, 0.4) is 0 Å². The second-order valence-corrected chi connectivity index (χ2v) is 6.05. The van der Waals surface area contributed by atoms with Crippen LogP contribution < -0.4 is 5.32 Å². The quantitative estimate of drug-likeness (QED) is 0.479. The highest BCUT2D eigenvalue weighted by atomic mass is 32.2. The summed E-state index contributed by atoms with van der Waals surface area (Å²) < 4.78 is 0. The van der Waals surface area contributed by atoms with Crippen LogP contribution in [0.5, 0.6) is 0 Å². The Bertz CT molecular complexity index is 551. The molecule has 1 nitrogen and oxygen atoms in total. The van der Waals surface area contributed by atoms with Crippen LogP contribution in [0.25, 0.3) is 0 Å². The third-order valence-electron chi connectivity index (χ3n) is 3.35. The van der Waals surface area contributed by atoms with Crippen molar-refractivity contribution in [2.75, 3.05) is 11.1 Å². The number of benzene rings is 2. The molecule has 0 aromatic heterocycles. The Morgan fingerprint density at radius 2 is 1.81 bits per heavy atom. The van der Waals surface area contributed by atoms with Gasteiger partial charge in [0.15, 0.2) is 0 Å². The van der Waals surface area contributed by atoms with Gasteiger partial charge in [-0.1, -0.05) is 61.9 Å². The largest absolute Gasteiger partial charge is 0.377 e. The van der Waals surface area contributed by atoms with Crippen molar-refractivity contribution < 1.29 is 0 Å². The van der Waals surface area contributed by atoms with Crippen molar-refractivity contribution in [2.45, 2.75) is 30.7 Å². The summed E-state index contributed by atoms with van der Waals surface area (Å²) >= 11 is 1.82. The topological polar surface area (TPSA) is 12.0 Å².